The van der Waals surface area contributed by atoms with E-state index in [0.29, 0.717) is 18.3 Å². The van der Waals surface area contributed by atoms with Gasteiger partial charge in [0.2, 0.25) is 5.89 Å². The maximum Gasteiger partial charge on any atom is 0.269 e. The first-order chi connectivity index (χ1) is 10.7. The Kier molecular flexibility index (Phi) is 4.79. The van der Waals surface area contributed by atoms with Crippen LogP contribution in [-0.4, -0.2) is 27.0 Å². The van der Waals surface area contributed by atoms with Gasteiger partial charge in [-0.3, -0.25) is 15.0 Å². The molecule has 1 aromatic carbocycles. The van der Waals surface area contributed by atoms with E-state index in [0.717, 1.165) is 5.56 Å². The highest BCUT2D eigenvalue weighted by Crippen LogP contribution is 2.25. The van der Waals surface area contributed by atoms with Gasteiger partial charge in [0.05, 0.1) is 11.5 Å². The van der Waals surface area contributed by atoms with Crippen molar-refractivity contribution in [3.63, 3.8) is 0 Å². The van der Waals surface area contributed by atoms with Gasteiger partial charge in [-0.2, -0.15) is 4.98 Å². The van der Waals surface area contributed by atoms with Crippen LogP contribution >= 0.6 is 0 Å². The predicted octanol–water partition coefficient (Wildman–Crippen LogP) is 3.47. The minimum atomic E-state index is -0.385. The van der Waals surface area contributed by atoms with Crippen molar-refractivity contribution in [3.05, 3.63) is 51.7 Å². The number of hydrogen-bond donors (Lipinski definition) is 0. The average Bonchev–Trinajstić information content (AvgIpc) is 2.95. The van der Waals surface area contributed by atoms with Crippen LogP contribution in [0.15, 0.2) is 28.8 Å². The van der Waals surface area contributed by atoms with E-state index in [-0.39, 0.29) is 22.1 Å². The Labute approximate surface area is 135 Å². The van der Waals surface area contributed by atoms with Gasteiger partial charge in [0.15, 0.2) is 5.82 Å². The van der Waals surface area contributed by atoms with E-state index in [1.54, 1.807) is 12.1 Å². The summed E-state index contributed by atoms with van der Waals surface area (Å²) in [5.74, 6) is 1.21. The molecule has 0 fully saturated rings. The van der Waals surface area contributed by atoms with Gasteiger partial charge < -0.3 is 4.52 Å². The molecule has 23 heavy (non-hydrogen) atoms. The second-order valence-electron chi connectivity index (χ2n) is 6.70. The number of benzene rings is 1. The van der Waals surface area contributed by atoms with Crippen molar-refractivity contribution in [1.82, 2.24) is 15.0 Å². The van der Waals surface area contributed by atoms with Crippen molar-refractivity contribution in [2.75, 3.05) is 7.05 Å². The molecule has 0 aliphatic heterocycles. The van der Waals surface area contributed by atoms with Crippen molar-refractivity contribution in [2.24, 2.45) is 0 Å². The van der Waals surface area contributed by atoms with Gasteiger partial charge in [-0.1, -0.05) is 38.1 Å². The third-order valence-electron chi connectivity index (χ3n) is 3.75. The molecule has 1 aromatic heterocycles. The molecule has 0 amide bonds. The van der Waals surface area contributed by atoms with E-state index in [9.17, 15) is 10.1 Å². The molecule has 1 atom stereocenters. The topological polar surface area (TPSA) is 85.3 Å². The lowest BCUT2D eigenvalue weighted by atomic mass is 9.96. The average molecular weight is 318 g/mol. The molecule has 1 unspecified atom stereocenters. The van der Waals surface area contributed by atoms with Gasteiger partial charge in [-0.15, -0.1) is 0 Å². The fraction of sp³-hybridized carbons (Fsp3) is 0.500. The summed E-state index contributed by atoms with van der Waals surface area (Å²) in [6.07, 6.45) is 0. The summed E-state index contributed by atoms with van der Waals surface area (Å²) in [6.45, 7) is 8.54. The first kappa shape index (κ1) is 17.1. The molecule has 0 spiro atoms. The van der Waals surface area contributed by atoms with Gasteiger partial charge in [0.1, 0.15) is 0 Å². The summed E-state index contributed by atoms with van der Waals surface area (Å²) in [6, 6.07) is 6.64. The van der Waals surface area contributed by atoms with Crippen LogP contribution in [0, 0.1) is 10.1 Å². The molecular weight excluding hydrogens is 296 g/mol. The van der Waals surface area contributed by atoms with E-state index < -0.39 is 0 Å². The number of nitrogens with zero attached hydrogens (tertiary/aromatic N) is 4. The molecule has 0 bridgehead atoms. The quantitative estimate of drug-likeness (QED) is 0.620. The molecule has 1 heterocycles. The molecule has 124 valence electrons. The summed E-state index contributed by atoms with van der Waals surface area (Å²) in [5, 5.41) is 14.9. The lowest BCUT2D eigenvalue weighted by Crippen LogP contribution is -2.22. The Bertz CT molecular complexity index is 691. The highest BCUT2D eigenvalue weighted by atomic mass is 16.6. The minimum absolute atomic E-state index is 0.0140. The summed E-state index contributed by atoms with van der Waals surface area (Å²) in [7, 11) is 1.92. The van der Waals surface area contributed by atoms with E-state index in [1.807, 2.05) is 45.7 Å². The van der Waals surface area contributed by atoms with Gasteiger partial charge in [-0.05, 0) is 19.5 Å². The number of non-ortho nitro benzene ring substituents is 1. The Balaban J connectivity index is 2.11. The lowest BCUT2D eigenvalue weighted by Gasteiger charge is -2.23. The molecule has 0 radical (unpaired) electrons. The molecule has 0 aliphatic rings. The Morgan fingerprint density at radius 3 is 2.65 bits per heavy atom. The number of aromatic nitrogens is 2. The molecule has 0 saturated heterocycles. The van der Waals surface area contributed by atoms with Gasteiger partial charge in [0, 0.05) is 23.6 Å². The zero-order valence-electron chi connectivity index (χ0n) is 14.1. The second kappa shape index (κ2) is 6.45. The smallest absolute Gasteiger partial charge is 0.269 e. The van der Waals surface area contributed by atoms with Gasteiger partial charge in [0.25, 0.3) is 5.69 Å². The molecule has 0 saturated carbocycles. The maximum absolute atomic E-state index is 10.9. The third-order valence-corrected chi connectivity index (χ3v) is 3.75. The number of rotatable bonds is 5. The Morgan fingerprint density at radius 1 is 1.39 bits per heavy atom. The zero-order valence-corrected chi connectivity index (χ0v) is 14.1. The standard InChI is InChI=1S/C16H22N4O3/c1-11(12-7-6-8-13(9-12)20(21)22)19(5)10-14-17-15(18-23-14)16(2,3)4/h6-9,11H,10H2,1-5H3. The fourth-order valence-corrected chi connectivity index (χ4v) is 2.13. The molecule has 7 nitrogen and oxygen atoms in total. The van der Waals surface area contributed by atoms with Crippen LogP contribution in [0.1, 0.15) is 51.0 Å². The fourth-order valence-electron chi connectivity index (χ4n) is 2.13. The summed E-state index contributed by atoms with van der Waals surface area (Å²) in [5.41, 5.74) is 0.805. The van der Waals surface area contributed by atoms with Crippen LogP contribution in [0.4, 0.5) is 5.69 Å². The summed E-state index contributed by atoms with van der Waals surface area (Å²) >= 11 is 0. The van der Waals surface area contributed by atoms with Crippen LogP contribution in [0.3, 0.4) is 0 Å². The first-order valence-corrected chi connectivity index (χ1v) is 7.46. The molecular formula is C16H22N4O3. The summed E-state index contributed by atoms with van der Waals surface area (Å²) in [4.78, 5) is 16.9. The lowest BCUT2D eigenvalue weighted by molar-refractivity contribution is -0.384. The molecule has 0 aliphatic carbocycles. The van der Waals surface area contributed by atoms with Gasteiger partial charge in [-0.25, -0.2) is 0 Å². The molecule has 2 rings (SSSR count). The number of hydrogen-bond acceptors (Lipinski definition) is 6. The molecule has 2 aromatic rings. The molecule has 7 heteroatoms. The van der Waals surface area contributed by atoms with Crippen molar-refractivity contribution < 1.29 is 9.45 Å². The van der Waals surface area contributed by atoms with E-state index in [2.05, 4.69) is 10.1 Å². The molecule has 0 N–H and O–H groups in total. The van der Waals surface area contributed by atoms with E-state index >= 15 is 0 Å². The van der Waals surface area contributed by atoms with Crippen molar-refractivity contribution in [3.8, 4) is 0 Å². The third kappa shape index (κ3) is 4.13. The number of nitro benzene ring substituents is 1. The van der Waals surface area contributed by atoms with Crippen LogP contribution < -0.4 is 0 Å². The Morgan fingerprint density at radius 2 is 2.09 bits per heavy atom. The summed E-state index contributed by atoms with van der Waals surface area (Å²) < 4.78 is 5.30. The normalized spacial score (nSPS) is 13.3. The maximum atomic E-state index is 10.9. The van der Waals surface area contributed by atoms with Crippen LogP contribution in [0.25, 0.3) is 0 Å². The van der Waals surface area contributed by atoms with Crippen LogP contribution in [0.5, 0.6) is 0 Å². The van der Waals surface area contributed by atoms with E-state index in [1.165, 1.54) is 6.07 Å². The Hall–Kier alpha value is -2.28. The second-order valence-corrected chi connectivity index (χ2v) is 6.70. The van der Waals surface area contributed by atoms with Crippen molar-refractivity contribution >= 4 is 5.69 Å². The monoisotopic (exact) mass is 318 g/mol. The SMILES string of the molecule is CC(c1cccc([N+](=O)[O-])c1)N(C)Cc1nc(C(C)(C)C)no1. The van der Waals surface area contributed by atoms with Crippen LogP contribution in [0.2, 0.25) is 0 Å². The predicted molar refractivity (Wildman–Crippen MR) is 86.0 cm³/mol. The first-order valence-electron chi connectivity index (χ1n) is 7.46. The van der Waals surface area contributed by atoms with E-state index in [4.69, 9.17) is 4.52 Å². The highest BCUT2D eigenvalue weighted by molar-refractivity contribution is 5.35. The van der Waals surface area contributed by atoms with Crippen molar-refractivity contribution in [1.29, 1.82) is 0 Å². The van der Waals surface area contributed by atoms with Crippen LogP contribution in [-0.2, 0) is 12.0 Å². The minimum Gasteiger partial charge on any atom is -0.338 e. The zero-order chi connectivity index (χ0) is 17.2. The van der Waals surface area contributed by atoms with Crippen molar-refractivity contribution in [2.45, 2.75) is 45.7 Å². The largest absolute Gasteiger partial charge is 0.338 e. The number of nitro groups is 1. The van der Waals surface area contributed by atoms with Gasteiger partial charge >= 0.3 is 0 Å². The highest BCUT2D eigenvalue weighted by Gasteiger charge is 2.22.